The molecule has 0 spiro atoms. The minimum Gasteiger partial charge on any atom is -0.396 e. The van der Waals surface area contributed by atoms with Crippen LogP contribution in [-0.4, -0.2) is 53.3 Å². The number of hydrogen-bond donors (Lipinski definition) is 5. The lowest BCUT2D eigenvalue weighted by molar-refractivity contribution is 0.285. The molecule has 4 aromatic rings. The fourth-order valence-corrected chi connectivity index (χ4v) is 5.78. The SMILES string of the molecule is OCCCCN(c1nc(Nc2ccc3c(c2)S(O)(O)CC3)ncc1F)c1cccc2[nH]ncc12. The Hall–Kier alpha value is -3.25. The van der Waals surface area contributed by atoms with Gasteiger partial charge < -0.3 is 15.3 Å². The van der Waals surface area contributed by atoms with E-state index in [2.05, 4.69) is 25.5 Å². The van der Waals surface area contributed by atoms with Gasteiger partial charge in [0.2, 0.25) is 5.95 Å². The molecular weight excluding hydrogens is 459 g/mol. The average Bonchev–Trinajstić information content (AvgIpc) is 3.43. The highest BCUT2D eigenvalue weighted by Crippen LogP contribution is 2.55. The van der Waals surface area contributed by atoms with Crippen LogP contribution in [0.25, 0.3) is 10.9 Å². The summed E-state index contributed by atoms with van der Waals surface area (Å²) in [6, 6.07) is 11.0. The Labute approximate surface area is 197 Å². The lowest BCUT2D eigenvalue weighted by Crippen LogP contribution is -2.22. The van der Waals surface area contributed by atoms with Crippen molar-refractivity contribution >= 4 is 44.6 Å². The summed E-state index contributed by atoms with van der Waals surface area (Å²) in [5, 5.41) is 20.2. The number of hydrogen-bond acceptors (Lipinski definition) is 8. The van der Waals surface area contributed by atoms with Gasteiger partial charge >= 0.3 is 0 Å². The number of benzene rings is 2. The van der Waals surface area contributed by atoms with Crippen LogP contribution in [0.15, 0.2) is 53.7 Å². The van der Waals surface area contributed by atoms with Gasteiger partial charge in [0.1, 0.15) is 0 Å². The lowest BCUT2D eigenvalue weighted by atomic mass is 10.1. The van der Waals surface area contributed by atoms with Crippen LogP contribution in [0, 0.1) is 5.82 Å². The van der Waals surface area contributed by atoms with Gasteiger partial charge in [0.05, 0.1) is 28.5 Å². The van der Waals surface area contributed by atoms with Gasteiger partial charge in [-0.2, -0.15) is 20.7 Å². The van der Waals surface area contributed by atoms with Crippen molar-refractivity contribution in [1.29, 1.82) is 0 Å². The second-order valence-electron chi connectivity index (χ2n) is 8.12. The first-order valence-electron chi connectivity index (χ1n) is 11.0. The summed E-state index contributed by atoms with van der Waals surface area (Å²) in [5.41, 5.74) is 3.05. The molecule has 9 nitrogen and oxygen atoms in total. The van der Waals surface area contributed by atoms with Crippen LogP contribution >= 0.6 is 10.6 Å². The van der Waals surface area contributed by atoms with Gasteiger partial charge in [-0.1, -0.05) is 12.1 Å². The van der Waals surface area contributed by atoms with E-state index in [1.54, 1.807) is 17.2 Å². The number of rotatable bonds is 8. The highest BCUT2D eigenvalue weighted by Gasteiger charge is 2.27. The molecule has 5 rings (SSSR count). The standard InChI is InChI=1S/C23H25FN6O3S/c24-18-14-25-23(27-16-7-6-15-8-11-34(32,33)21(15)12-16)28-22(18)30(9-1-2-10-31)20-5-3-4-19-17(20)13-26-29-19/h3-7,12-14,31-33H,1-2,8-11H2,(H,26,29)(H,25,27,28). The van der Waals surface area contributed by atoms with Gasteiger partial charge in [-0.25, -0.2) is 9.37 Å². The molecule has 0 radical (unpaired) electrons. The molecular formula is C23H25FN6O3S. The number of aryl methyl sites for hydroxylation is 1. The summed E-state index contributed by atoms with van der Waals surface area (Å²) < 4.78 is 35.6. The maximum atomic E-state index is 15.0. The Morgan fingerprint density at radius 2 is 2.03 bits per heavy atom. The molecule has 34 heavy (non-hydrogen) atoms. The number of aromatic amines is 1. The van der Waals surface area contributed by atoms with Crippen LogP contribution in [0.5, 0.6) is 0 Å². The number of aliphatic hydroxyl groups is 1. The van der Waals surface area contributed by atoms with Crippen LogP contribution in [-0.2, 0) is 6.42 Å². The van der Waals surface area contributed by atoms with Crippen LogP contribution in [0.3, 0.4) is 0 Å². The van der Waals surface area contributed by atoms with E-state index in [1.165, 1.54) is 0 Å². The summed E-state index contributed by atoms with van der Waals surface area (Å²) >= 11 is 0. The number of nitrogens with zero attached hydrogens (tertiary/aromatic N) is 4. The van der Waals surface area contributed by atoms with E-state index in [9.17, 15) is 14.2 Å². The predicted molar refractivity (Wildman–Crippen MR) is 131 cm³/mol. The number of anilines is 4. The first-order valence-corrected chi connectivity index (χ1v) is 12.7. The van der Waals surface area contributed by atoms with Crippen molar-refractivity contribution in [3.05, 3.63) is 60.2 Å². The van der Waals surface area contributed by atoms with Crippen molar-refractivity contribution in [3.8, 4) is 0 Å². The summed E-state index contributed by atoms with van der Waals surface area (Å²) in [6.45, 7) is 0.471. The molecule has 0 saturated carbocycles. The number of H-pyrrole nitrogens is 1. The first kappa shape index (κ1) is 22.5. The maximum Gasteiger partial charge on any atom is 0.229 e. The van der Waals surface area contributed by atoms with Crippen LogP contribution in [0.1, 0.15) is 18.4 Å². The normalized spacial score (nSPS) is 15.3. The monoisotopic (exact) mass is 484 g/mol. The van der Waals surface area contributed by atoms with Gasteiger partial charge in [-0.05, 0) is 49.1 Å². The Bertz CT molecular complexity index is 1330. The van der Waals surface area contributed by atoms with Crippen LogP contribution in [0.4, 0.5) is 27.5 Å². The summed E-state index contributed by atoms with van der Waals surface area (Å²) in [5.74, 6) is 0.0100. The van der Waals surface area contributed by atoms with Crippen LogP contribution < -0.4 is 10.2 Å². The third-order valence-corrected chi connectivity index (χ3v) is 7.71. The molecule has 0 atom stereocenters. The first-order chi connectivity index (χ1) is 16.5. The molecule has 0 fully saturated rings. The van der Waals surface area contributed by atoms with Crippen molar-refractivity contribution in [3.63, 3.8) is 0 Å². The molecule has 178 valence electrons. The molecule has 2 aromatic heterocycles. The zero-order valence-corrected chi connectivity index (χ0v) is 19.1. The minimum absolute atomic E-state index is 0.0420. The van der Waals surface area contributed by atoms with E-state index in [0.29, 0.717) is 42.1 Å². The molecule has 0 aliphatic carbocycles. The number of unbranched alkanes of at least 4 members (excludes halogenated alkanes) is 1. The summed E-state index contributed by atoms with van der Waals surface area (Å²) in [6.07, 6.45) is 4.61. The van der Waals surface area contributed by atoms with E-state index in [0.717, 1.165) is 28.4 Å². The van der Waals surface area contributed by atoms with Gasteiger partial charge in [0.15, 0.2) is 11.6 Å². The maximum absolute atomic E-state index is 15.0. The number of aromatic nitrogens is 4. The zero-order valence-electron chi connectivity index (χ0n) is 18.3. The van der Waals surface area contributed by atoms with Gasteiger partial charge in [-0.3, -0.25) is 14.2 Å². The second kappa shape index (κ2) is 9.18. The zero-order chi connectivity index (χ0) is 23.7. The summed E-state index contributed by atoms with van der Waals surface area (Å²) in [7, 11) is -2.79. The second-order valence-corrected chi connectivity index (χ2v) is 10.3. The Kier molecular flexibility index (Phi) is 6.09. The van der Waals surface area contributed by atoms with E-state index < -0.39 is 16.4 Å². The van der Waals surface area contributed by atoms with Gasteiger partial charge in [0.25, 0.3) is 0 Å². The Morgan fingerprint density at radius 3 is 2.88 bits per heavy atom. The topological polar surface area (TPSA) is 130 Å². The van der Waals surface area contributed by atoms with Crippen molar-refractivity contribution in [2.24, 2.45) is 0 Å². The molecule has 0 saturated heterocycles. The number of halogens is 1. The van der Waals surface area contributed by atoms with Gasteiger partial charge in [0, 0.05) is 30.0 Å². The van der Waals surface area contributed by atoms with E-state index in [-0.39, 0.29) is 18.4 Å². The highest BCUT2D eigenvalue weighted by molar-refractivity contribution is 8.24. The Morgan fingerprint density at radius 1 is 1.15 bits per heavy atom. The smallest absolute Gasteiger partial charge is 0.229 e. The average molecular weight is 485 g/mol. The van der Waals surface area contributed by atoms with Gasteiger partial charge in [-0.15, -0.1) is 0 Å². The molecule has 1 aliphatic heterocycles. The third-order valence-electron chi connectivity index (χ3n) is 5.86. The molecule has 0 amide bonds. The van der Waals surface area contributed by atoms with Crippen molar-refractivity contribution in [1.82, 2.24) is 20.2 Å². The molecule has 5 N–H and O–H groups in total. The molecule has 2 aromatic carbocycles. The molecule has 3 heterocycles. The van der Waals surface area contributed by atoms with Crippen molar-refractivity contribution in [2.45, 2.75) is 24.2 Å². The predicted octanol–water partition coefficient (Wildman–Crippen LogP) is 4.81. The van der Waals surface area contributed by atoms with E-state index in [1.807, 2.05) is 30.3 Å². The van der Waals surface area contributed by atoms with Crippen LogP contribution in [0.2, 0.25) is 0 Å². The highest BCUT2D eigenvalue weighted by atomic mass is 32.3. The van der Waals surface area contributed by atoms with E-state index >= 15 is 4.39 Å². The molecule has 0 unspecified atom stereocenters. The molecule has 0 bridgehead atoms. The molecule has 11 heteroatoms. The minimum atomic E-state index is -2.79. The third kappa shape index (κ3) is 4.30. The summed E-state index contributed by atoms with van der Waals surface area (Å²) in [4.78, 5) is 10.8. The quantitative estimate of drug-likeness (QED) is 0.225. The number of fused-ring (bicyclic) bond motifs is 2. The number of aliphatic hydroxyl groups excluding tert-OH is 1. The van der Waals surface area contributed by atoms with E-state index in [4.69, 9.17) is 0 Å². The lowest BCUT2D eigenvalue weighted by Gasteiger charge is -2.27. The fraction of sp³-hybridized carbons (Fsp3) is 0.261. The Balaban J connectivity index is 1.50. The number of nitrogens with one attached hydrogen (secondary N) is 2. The fourth-order valence-electron chi connectivity index (χ4n) is 4.15. The van der Waals surface area contributed by atoms with Crippen molar-refractivity contribution < 1.29 is 18.6 Å². The molecule has 1 aliphatic rings. The van der Waals surface area contributed by atoms with Crippen molar-refractivity contribution in [2.75, 3.05) is 29.1 Å². The largest absolute Gasteiger partial charge is 0.396 e.